The summed E-state index contributed by atoms with van der Waals surface area (Å²) in [5, 5.41) is 0. The number of anilines is 8. The number of para-hydroxylation sites is 8. The first-order chi connectivity index (χ1) is 59.5. The molecule has 574 valence electrons. The van der Waals surface area contributed by atoms with E-state index in [9.17, 15) is 0 Å². The molecule has 0 N–H and O–H groups in total. The number of ketones is 2. The van der Waals surface area contributed by atoms with E-state index in [4.69, 9.17) is 0 Å². The normalized spacial score (nSPS) is 22.8. The molecule has 120 heavy (non-hydrogen) atoms. The summed E-state index contributed by atoms with van der Waals surface area (Å²) in [5.74, 6) is -2.89. The zero-order valence-corrected chi connectivity index (χ0v) is 66.4. The predicted octanol–water partition coefficient (Wildman–Crippen LogP) is 24.3. The lowest BCUT2D eigenvalue weighted by Gasteiger charge is -2.56. The Bertz CT molecular complexity index is 5510. The van der Waals surface area contributed by atoms with Crippen LogP contribution in [0, 0.1) is 35.5 Å². The Balaban J connectivity index is 0.795. The summed E-state index contributed by atoms with van der Waals surface area (Å²) in [7, 11) is 0. The largest absolute Gasteiger partial charge is 0.337 e. The Kier molecular flexibility index (Phi) is 16.0. The molecule has 16 aromatic carbocycles. The van der Waals surface area contributed by atoms with Crippen molar-refractivity contribution in [3.05, 3.63) is 526 Å². The van der Waals surface area contributed by atoms with Crippen LogP contribution in [-0.2, 0) is 31.2 Å². The minimum atomic E-state index is -0.782. The van der Waals surface area contributed by atoms with Crippen molar-refractivity contribution in [1.82, 2.24) is 0 Å². The van der Waals surface area contributed by atoms with Gasteiger partial charge in [0.2, 0.25) is 0 Å². The number of hydrogen-bond acceptors (Lipinski definition) is 6. The highest BCUT2D eigenvalue weighted by Crippen LogP contribution is 2.71. The Hall–Kier alpha value is -13.9. The Morgan fingerprint density at radius 1 is 0.167 bits per heavy atom. The van der Waals surface area contributed by atoms with Crippen LogP contribution in [0.25, 0.3) is 0 Å². The van der Waals surface area contributed by atoms with Gasteiger partial charge in [0.1, 0.15) is 11.6 Å². The lowest BCUT2D eigenvalue weighted by Crippen LogP contribution is -2.61. The second-order valence-corrected chi connectivity index (χ2v) is 34.3. The lowest BCUT2D eigenvalue weighted by molar-refractivity contribution is -0.133. The summed E-state index contributed by atoms with van der Waals surface area (Å²) in [5.41, 5.74) is 23.9. The third-order valence-corrected chi connectivity index (χ3v) is 29.6. The van der Waals surface area contributed by atoms with Crippen molar-refractivity contribution in [2.24, 2.45) is 35.5 Å². The number of carbonyl (C=O) groups is 2. The molecular weight excluding hydrogens is 1460 g/mol. The van der Waals surface area contributed by atoms with Crippen LogP contribution in [0.4, 0.5) is 45.5 Å². The van der Waals surface area contributed by atoms with Gasteiger partial charge in [-0.15, -0.1) is 0 Å². The van der Waals surface area contributed by atoms with E-state index in [1.165, 1.54) is 0 Å². The van der Waals surface area contributed by atoms with Crippen molar-refractivity contribution in [2.45, 2.75) is 58.7 Å². The van der Waals surface area contributed by atoms with Crippen LogP contribution in [0.15, 0.2) is 437 Å². The monoisotopic (exact) mass is 1540 g/mol. The zero-order valence-electron chi connectivity index (χ0n) is 66.4. The zero-order chi connectivity index (χ0) is 79.4. The third-order valence-electron chi connectivity index (χ3n) is 29.6. The maximum atomic E-state index is 18.9. The van der Waals surface area contributed by atoms with Crippen molar-refractivity contribution >= 4 is 57.1 Å². The molecule has 0 saturated heterocycles. The van der Waals surface area contributed by atoms with Gasteiger partial charge in [-0.25, -0.2) is 0 Å². The van der Waals surface area contributed by atoms with Gasteiger partial charge in [0, 0.05) is 93.3 Å². The van der Waals surface area contributed by atoms with Gasteiger partial charge in [-0.3, -0.25) is 9.59 Å². The van der Waals surface area contributed by atoms with E-state index in [0.29, 0.717) is 12.8 Å². The van der Waals surface area contributed by atoms with Gasteiger partial charge in [-0.2, -0.15) is 0 Å². The second-order valence-electron chi connectivity index (χ2n) is 34.3. The first-order valence-corrected chi connectivity index (χ1v) is 42.9. The second kappa shape index (κ2) is 27.3. The molecular formula is C114H86N4O2. The van der Waals surface area contributed by atoms with Gasteiger partial charge in [-0.1, -0.05) is 388 Å². The van der Waals surface area contributed by atoms with Gasteiger partial charge in [0.25, 0.3) is 0 Å². The van der Waals surface area contributed by atoms with E-state index in [1.807, 2.05) is 0 Å². The highest BCUT2D eigenvalue weighted by atomic mass is 16.1. The SMILES string of the molecule is O=C1C2C3C(C(=O)C4C3C1C(N1c3ccccc3C(c3ccccc3)(c3ccccc3)c3ccccc31)CC4N1c3ccccc3C(c3ccccc3)(c3ccccc3)c3ccccc31)C(N1c3ccccc3C(c3ccccc3)(c3ccccc3)c3ccccc31)CC2N1c2ccccc2C(c2ccccc2)(c2ccccc2)c2ccccc21. The maximum absolute atomic E-state index is 18.9. The minimum Gasteiger partial charge on any atom is -0.337 e. The van der Waals surface area contributed by atoms with Crippen molar-refractivity contribution in [2.75, 3.05) is 19.6 Å². The minimum absolute atomic E-state index is 0.258. The summed E-state index contributed by atoms with van der Waals surface area (Å²) >= 11 is 0. The standard InChI is InChI=1S/C114H86N4O2/c119-109-103-99(115-91-65-33-25-57-83(91)111(75-41-9-1-10-42-75,76-43-11-2-12-44-76)84-58-26-34-66-92(84)115)73-100(116-93-67-35-27-59-85(93)112(77-45-13-3-14-46-77,78-47-15-4-16-48-78)86-60-28-36-68-94(86)116)104-107(103)108-105(109)101(117-95-69-37-29-61-87(95)113(79-49-17-5-18-50-79,80-51-19-6-20-52-80)88-62-30-38-70-96(88)117)74-102(106(108)110(104)120)118-97-71-39-31-63-89(97)114(81-53-21-7-22-54-81,82-55-23-8-24-56-82)90-64-32-40-72-98(90)118/h1-72,99-108H,73-74H2. The summed E-state index contributed by atoms with van der Waals surface area (Å²) in [4.78, 5) is 48.5. The molecule has 8 unspecified atom stereocenters. The highest BCUT2D eigenvalue weighted by Gasteiger charge is 2.75. The van der Waals surface area contributed by atoms with Crippen molar-refractivity contribution in [3.8, 4) is 0 Å². The predicted molar refractivity (Wildman–Crippen MR) is 483 cm³/mol. The third kappa shape index (κ3) is 9.45. The molecule has 0 amide bonds. The van der Waals surface area contributed by atoms with Gasteiger partial charge >= 0.3 is 0 Å². The number of hydrogen-bond donors (Lipinski definition) is 0. The van der Waals surface area contributed by atoms with E-state index in [0.717, 1.165) is 135 Å². The molecule has 4 saturated carbocycles. The molecule has 8 atom stereocenters. The lowest BCUT2D eigenvalue weighted by atomic mass is 9.60. The van der Waals surface area contributed by atoms with E-state index in [-0.39, 0.29) is 11.6 Å². The first-order valence-electron chi connectivity index (χ1n) is 42.9. The van der Waals surface area contributed by atoms with Gasteiger partial charge in [-0.05, 0) is 162 Å². The molecule has 6 heteroatoms. The number of carbonyl (C=O) groups excluding carboxylic acids is 2. The molecule has 0 spiro atoms. The van der Waals surface area contributed by atoms with Crippen molar-refractivity contribution < 1.29 is 9.59 Å². The van der Waals surface area contributed by atoms with Crippen LogP contribution in [0.2, 0.25) is 0 Å². The molecule has 0 bridgehead atoms. The number of benzene rings is 16. The van der Waals surface area contributed by atoms with Crippen LogP contribution in [0.5, 0.6) is 0 Å². The van der Waals surface area contributed by atoms with E-state index in [1.54, 1.807) is 0 Å². The summed E-state index contributed by atoms with van der Waals surface area (Å²) in [6.45, 7) is 0. The molecule has 16 aromatic rings. The van der Waals surface area contributed by atoms with E-state index < -0.39 is 81.3 Å². The van der Waals surface area contributed by atoms with Crippen LogP contribution in [0.1, 0.15) is 102 Å². The fourth-order valence-corrected chi connectivity index (χ4v) is 25.7. The molecule has 24 rings (SSSR count). The van der Waals surface area contributed by atoms with Gasteiger partial charge in [0.05, 0.1) is 21.7 Å². The average Bonchev–Trinajstić information content (AvgIpc) is 1.29. The smallest absolute Gasteiger partial charge is 0.143 e. The Morgan fingerprint density at radius 2 is 0.292 bits per heavy atom. The number of nitrogens with zero attached hydrogens (tertiary/aromatic N) is 4. The molecule has 6 nitrogen and oxygen atoms in total. The van der Waals surface area contributed by atoms with Crippen molar-refractivity contribution in [3.63, 3.8) is 0 Å². The van der Waals surface area contributed by atoms with Gasteiger partial charge in [0.15, 0.2) is 0 Å². The molecule has 4 fully saturated rings. The molecule has 4 aliphatic carbocycles. The number of fused-ring (bicyclic) bond motifs is 8. The molecule has 0 aromatic heterocycles. The number of Topliss-reactive ketones (excluding diaryl/α,β-unsaturated/α-hetero) is 2. The van der Waals surface area contributed by atoms with Gasteiger partial charge < -0.3 is 19.6 Å². The summed E-state index contributed by atoms with van der Waals surface area (Å²) < 4.78 is 0. The van der Waals surface area contributed by atoms with Crippen molar-refractivity contribution in [1.29, 1.82) is 0 Å². The number of rotatable bonds is 12. The Morgan fingerprint density at radius 3 is 0.433 bits per heavy atom. The van der Waals surface area contributed by atoms with Crippen LogP contribution in [-0.4, -0.2) is 35.7 Å². The summed E-state index contributed by atoms with van der Waals surface area (Å²) in [6, 6.07) is 160. The quantitative estimate of drug-likeness (QED) is 0.121. The fourth-order valence-electron chi connectivity index (χ4n) is 25.7. The Labute approximate surface area is 701 Å². The summed E-state index contributed by atoms with van der Waals surface area (Å²) in [6.07, 6.45) is 0.948. The van der Waals surface area contributed by atoms with E-state index in [2.05, 4.69) is 456 Å². The highest BCUT2D eigenvalue weighted by molar-refractivity contribution is 6.02. The first kappa shape index (κ1) is 70.3. The van der Waals surface area contributed by atoms with E-state index >= 15 is 9.59 Å². The molecule has 4 heterocycles. The molecule has 0 radical (unpaired) electrons. The van der Waals surface area contributed by atoms with Crippen LogP contribution < -0.4 is 19.6 Å². The topological polar surface area (TPSA) is 47.1 Å². The molecule has 8 aliphatic rings. The van der Waals surface area contributed by atoms with Crippen LogP contribution in [0.3, 0.4) is 0 Å². The fraction of sp³-hybridized carbons (Fsp3) is 0.140. The van der Waals surface area contributed by atoms with Crippen LogP contribution >= 0.6 is 0 Å². The maximum Gasteiger partial charge on any atom is 0.143 e. The average molecular weight is 1540 g/mol. The molecule has 4 aliphatic heterocycles.